The molecule has 1 aromatic heterocycles. The third-order valence-corrected chi connectivity index (χ3v) is 8.24. The largest absolute Gasteiger partial charge is 0.416 e. The average Bonchev–Trinajstić information content (AvgIpc) is 3.37. The Hall–Kier alpha value is -2.44. The molecule has 2 nitrogen and oxygen atoms in total. The van der Waals surface area contributed by atoms with E-state index in [0.29, 0.717) is 35.1 Å². The summed E-state index contributed by atoms with van der Waals surface area (Å²) in [5, 5.41) is 10.6. The predicted molar refractivity (Wildman–Crippen MR) is 137 cm³/mol. The van der Waals surface area contributed by atoms with E-state index in [1.54, 1.807) is 12.1 Å². The summed E-state index contributed by atoms with van der Waals surface area (Å²) in [5.41, 5.74) is 4.14. The number of benzene rings is 2. The first-order chi connectivity index (χ1) is 17.4. The third-order valence-electron chi connectivity index (χ3n) is 7.76. The van der Waals surface area contributed by atoms with Crippen LogP contribution in [0.4, 0.5) is 17.6 Å². The summed E-state index contributed by atoms with van der Waals surface area (Å²) in [7, 11) is 0. The zero-order chi connectivity index (χ0) is 26.5. The van der Waals surface area contributed by atoms with Gasteiger partial charge in [-0.2, -0.15) is 13.2 Å². The lowest BCUT2D eigenvalue weighted by atomic mass is 9.71. The van der Waals surface area contributed by atoms with Crippen molar-refractivity contribution in [2.24, 2.45) is 5.41 Å². The monoisotopic (exact) mass is 531 g/mol. The number of hydrogen-bond acceptors (Lipinski definition) is 2. The van der Waals surface area contributed by atoms with E-state index in [9.17, 15) is 22.7 Å². The lowest BCUT2D eigenvalue weighted by Gasteiger charge is -2.37. The molecule has 2 atom stereocenters. The van der Waals surface area contributed by atoms with Gasteiger partial charge in [-0.15, -0.1) is 11.6 Å². The fourth-order valence-corrected chi connectivity index (χ4v) is 6.40. The summed E-state index contributed by atoms with van der Waals surface area (Å²) in [6.45, 7) is 4.21. The molecule has 1 heterocycles. The fraction of sp³-hybridized carbons (Fsp3) is 0.433. The van der Waals surface area contributed by atoms with Crippen molar-refractivity contribution in [2.45, 2.75) is 75.9 Å². The number of rotatable bonds is 4. The highest BCUT2D eigenvalue weighted by molar-refractivity contribution is 6.23. The molecule has 3 aromatic rings. The molecule has 0 aliphatic heterocycles. The van der Waals surface area contributed by atoms with Gasteiger partial charge in [0, 0.05) is 28.4 Å². The molecular weight excluding hydrogens is 502 g/mol. The smallest absolute Gasteiger partial charge is 0.388 e. The van der Waals surface area contributed by atoms with Crippen molar-refractivity contribution in [3.63, 3.8) is 0 Å². The summed E-state index contributed by atoms with van der Waals surface area (Å²) >= 11 is 7.14. The molecule has 1 N–H and O–H groups in total. The van der Waals surface area contributed by atoms with E-state index in [4.69, 9.17) is 16.6 Å². The van der Waals surface area contributed by atoms with Gasteiger partial charge >= 0.3 is 6.18 Å². The number of aliphatic hydroxyl groups is 1. The van der Waals surface area contributed by atoms with Crippen molar-refractivity contribution in [3.05, 3.63) is 88.0 Å². The molecule has 0 radical (unpaired) electrons. The first-order valence-electron chi connectivity index (χ1n) is 12.8. The summed E-state index contributed by atoms with van der Waals surface area (Å²) in [6.07, 6.45) is 0.00485. The van der Waals surface area contributed by atoms with Crippen molar-refractivity contribution in [1.82, 2.24) is 4.98 Å². The molecule has 2 aromatic carbocycles. The first-order valence-corrected chi connectivity index (χ1v) is 13.2. The highest BCUT2D eigenvalue weighted by atomic mass is 35.5. The topological polar surface area (TPSA) is 33.1 Å². The number of hydrogen-bond donors (Lipinski definition) is 1. The maximum absolute atomic E-state index is 13.9. The van der Waals surface area contributed by atoms with Crippen LogP contribution >= 0.6 is 11.6 Å². The van der Waals surface area contributed by atoms with E-state index < -0.39 is 23.2 Å². The fourth-order valence-electron chi connectivity index (χ4n) is 6.03. The van der Waals surface area contributed by atoms with Gasteiger partial charge < -0.3 is 5.11 Å². The Morgan fingerprint density at radius 3 is 2.22 bits per heavy atom. The van der Waals surface area contributed by atoms with Crippen LogP contribution in [0.15, 0.2) is 48.5 Å². The Balaban J connectivity index is 1.77. The molecule has 2 aliphatic rings. The van der Waals surface area contributed by atoms with Crippen LogP contribution in [0.1, 0.15) is 97.0 Å². The second-order valence-electron chi connectivity index (χ2n) is 11.2. The minimum atomic E-state index is -4.45. The van der Waals surface area contributed by atoms with Crippen molar-refractivity contribution >= 4 is 11.6 Å². The highest BCUT2D eigenvalue weighted by Gasteiger charge is 2.39. The molecule has 0 spiro atoms. The molecule has 37 heavy (non-hydrogen) atoms. The number of fused-ring (bicyclic) bond motifs is 1. The summed E-state index contributed by atoms with van der Waals surface area (Å²) in [5.74, 6) is -0.214. The minimum Gasteiger partial charge on any atom is -0.388 e. The quantitative estimate of drug-likeness (QED) is 0.269. The lowest BCUT2D eigenvalue weighted by Crippen LogP contribution is -2.29. The van der Waals surface area contributed by atoms with E-state index in [1.165, 1.54) is 24.3 Å². The summed E-state index contributed by atoms with van der Waals surface area (Å²) < 4.78 is 53.6. The van der Waals surface area contributed by atoms with Crippen LogP contribution in [0.25, 0.3) is 11.1 Å². The van der Waals surface area contributed by atoms with E-state index >= 15 is 0 Å². The SMILES string of the molecule is CC1(C)Cc2nc(C3CCCC3)c(C(Cl)c3ccc(C(F)(F)F)cc3)c(-c3ccc(F)cc3)c2C(O)C1. The van der Waals surface area contributed by atoms with Crippen LogP contribution in [0, 0.1) is 11.2 Å². The highest BCUT2D eigenvalue weighted by Crippen LogP contribution is 2.51. The minimum absolute atomic E-state index is 0.151. The molecule has 1 saturated carbocycles. The first kappa shape index (κ1) is 26.2. The number of nitrogens with zero attached hydrogens (tertiary/aromatic N) is 1. The van der Waals surface area contributed by atoms with E-state index in [1.807, 2.05) is 0 Å². The number of alkyl halides is 4. The van der Waals surface area contributed by atoms with Crippen LogP contribution in [-0.4, -0.2) is 10.1 Å². The Labute approximate surface area is 219 Å². The van der Waals surface area contributed by atoms with Gasteiger partial charge in [-0.3, -0.25) is 4.98 Å². The van der Waals surface area contributed by atoms with Crippen molar-refractivity contribution in [3.8, 4) is 11.1 Å². The Morgan fingerprint density at radius 2 is 1.62 bits per heavy atom. The van der Waals surface area contributed by atoms with Crippen LogP contribution in [0.2, 0.25) is 0 Å². The predicted octanol–water partition coefficient (Wildman–Crippen LogP) is 8.90. The number of aliphatic hydroxyl groups excluding tert-OH is 1. The van der Waals surface area contributed by atoms with Gasteiger partial charge in [-0.05, 0) is 72.1 Å². The molecule has 0 amide bonds. The van der Waals surface area contributed by atoms with Crippen LogP contribution in [-0.2, 0) is 12.6 Å². The summed E-state index contributed by atoms with van der Waals surface area (Å²) in [6, 6.07) is 11.0. The van der Waals surface area contributed by atoms with Gasteiger partial charge in [0.2, 0.25) is 0 Å². The Kier molecular flexibility index (Phi) is 6.86. The number of aromatic nitrogens is 1. The van der Waals surface area contributed by atoms with Gasteiger partial charge in [0.15, 0.2) is 0 Å². The normalized spacial score (nSPS) is 20.6. The van der Waals surface area contributed by atoms with Crippen molar-refractivity contribution in [1.29, 1.82) is 0 Å². The van der Waals surface area contributed by atoms with Gasteiger partial charge in [-0.1, -0.05) is 51.0 Å². The van der Waals surface area contributed by atoms with Gasteiger partial charge in [0.05, 0.1) is 17.0 Å². The molecule has 7 heteroatoms. The second-order valence-corrected chi connectivity index (χ2v) is 11.6. The van der Waals surface area contributed by atoms with Gasteiger partial charge in [-0.25, -0.2) is 4.39 Å². The van der Waals surface area contributed by atoms with Crippen LogP contribution < -0.4 is 0 Å². The second kappa shape index (κ2) is 9.70. The average molecular weight is 532 g/mol. The van der Waals surface area contributed by atoms with Crippen LogP contribution in [0.3, 0.4) is 0 Å². The molecule has 2 unspecified atom stereocenters. The molecule has 5 rings (SSSR count). The lowest BCUT2D eigenvalue weighted by molar-refractivity contribution is -0.137. The molecule has 196 valence electrons. The van der Waals surface area contributed by atoms with Crippen LogP contribution in [0.5, 0.6) is 0 Å². The molecule has 0 saturated heterocycles. The Bertz CT molecular complexity index is 1280. The molecule has 0 bridgehead atoms. The van der Waals surface area contributed by atoms with Crippen molar-refractivity contribution < 1.29 is 22.7 Å². The molecule has 2 aliphatic carbocycles. The molecular formula is C30H30ClF4NO. The zero-order valence-corrected chi connectivity index (χ0v) is 21.6. The number of halogens is 5. The number of pyridine rings is 1. The van der Waals surface area contributed by atoms with E-state index in [2.05, 4.69) is 13.8 Å². The summed E-state index contributed by atoms with van der Waals surface area (Å²) in [4.78, 5) is 5.15. The maximum Gasteiger partial charge on any atom is 0.416 e. The van der Waals surface area contributed by atoms with E-state index in [0.717, 1.165) is 54.8 Å². The van der Waals surface area contributed by atoms with Gasteiger partial charge in [0.1, 0.15) is 5.82 Å². The standard InChI is InChI=1S/C30H30ClF4NO/c1-29(2)15-22-25(23(37)16-29)24(17-9-13-21(32)14-10-17)26(28(36-22)19-5-3-4-6-19)27(31)18-7-11-20(12-8-18)30(33,34)35/h7-14,19,23,27,37H,3-6,15-16H2,1-2H3. The van der Waals surface area contributed by atoms with Gasteiger partial charge in [0.25, 0.3) is 0 Å². The maximum atomic E-state index is 13.9. The van der Waals surface area contributed by atoms with E-state index in [-0.39, 0.29) is 17.2 Å². The zero-order valence-electron chi connectivity index (χ0n) is 20.9. The molecule has 1 fully saturated rings. The third kappa shape index (κ3) is 5.15. The van der Waals surface area contributed by atoms with Crippen molar-refractivity contribution in [2.75, 3.05) is 0 Å². The Morgan fingerprint density at radius 1 is 1.00 bits per heavy atom.